The van der Waals surface area contributed by atoms with Crippen molar-refractivity contribution in [2.24, 2.45) is 5.41 Å². The van der Waals surface area contributed by atoms with Gasteiger partial charge >= 0.3 is 0 Å². The third-order valence-corrected chi connectivity index (χ3v) is 4.90. The molecule has 0 spiro atoms. The molecule has 1 heterocycles. The van der Waals surface area contributed by atoms with E-state index in [9.17, 15) is 0 Å². The number of benzene rings is 2. The van der Waals surface area contributed by atoms with Crippen LogP contribution in [0.25, 0.3) is 22.4 Å². The molecule has 0 bridgehead atoms. The van der Waals surface area contributed by atoms with Crippen molar-refractivity contribution < 1.29 is 0 Å². The van der Waals surface area contributed by atoms with Crippen LogP contribution in [0.15, 0.2) is 54.7 Å². The van der Waals surface area contributed by atoms with Crippen molar-refractivity contribution >= 4 is 0 Å². The summed E-state index contributed by atoms with van der Waals surface area (Å²) in [5, 5.41) is 0. The number of hydrogen-bond donors (Lipinski definition) is 0. The van der Waals surface area contributed by atoms with Crippen LogP contribution in [0, 0.1) is 26.2 Å². The molecule has 0 saturated heterocycles. The predicted molar refractivity (Wildman–Crippen MR) is 112 cm³/mol. The fourth-order valence-electron chi connectivity index (χ4n) is 3.43. The first kappa shape index (κ1) is 18.4. The molecule has 0 saturated carbocycles. The molecule has 1 nitrogen and oxygen atoms in total. The van der Waals surface area contributed by atoms with Gasteiger partial charge in [-0.2, -0.15) is 0 Å². The van der Waals surface area contributed by atoms with Crippen LogP contribution in [-0.4, -0.2) is 4.98 Å². The van der Waals surface area contributed by atoms with Gasteiger partial charge in [-0.3, -0.25) is 4.98 Å². The number of pyridine rings is 1. The highest BCUT2D eigenvalue weighted by Gasteiger charge is 2.15. The van der Waals surface area contributed by atoms with Gasteiger partial charge in [-0.1, -0.05) is 57.2 Å². The second kappa shape index (κ2) is 7.07. The van der Waals surface area contributed by atoms with Gasteiger partial charge in [-0.05, 0) is 78.1 Å². The third kappa shape index (κ3) is 4.04. The number of rotatable bonds is 3. The van der Waals surface area contributed by atoms with Crippen molar-refractivity contribution in [3.63, 3.8) is 0 Å². The molecule has 1 aromatic heterocycles. The Labute approximate surface area is 158 Å². The SMILES string of the molecule is Cc1cnc(-c2ccc(C)c(-c3ccccc3C)c2)cc1CC(C)(C)C. The number of aryl methyl sites for hydroxylation is 3. The van der Waals surface area contributed by atoms with Gasteiger partial charge in [-0.25, -0.2) is 0 Å². The van der Waals surface area contributed by atoms with Gasteiger partial charge in [0.05, 0.1) is 5.69 Å². The van der Waals surface area contributed by atoms with Gasteiger partial charge in [0.2, 0.25) is 0 Å². The first-order valence-corrected chi connectivity index (χ1v) is 9.37. The van der Waals surface area contributed by atoms with Gasteiger partial charge in [-0.15, -0.1) is 0 Å². The van der Waals surface area contributed by atoms with E-state index in [0.29, 0.717) is 0 Å². The van der Waals surface area contributed by atoms with Crippen molar-refractivity contribution in [1.29, 1.82) is 0 Å². The average molecular weight is 344 g/mol. The van der Waals surface area contributed by atoms with Crippen LogP contribution in [0.5, 0.6) is 0 Å². The minimum absolute atomic E-state index is 0.267. The molecular weight excluding hydrogens is 314 g/mol. The molecule has 3 aromatic rings. The minimum atomic E-state index is 0.267. The first-order valence-electron chi connectivity index (χ1n) is 9.37. The van der Waals surface area contributed by atoms with Gasteiger partial charge < -0.3 is 0 Å². The molecular formula is C25H29N. The Bertz CT molecular complexity index is 929. The summed E-state index contributed by atoms with van der Waals surface area (Å²) < 4.78 is 0. The van der Waals surface area contributed by atoms with Crippen molar-refractivity contribution in [1.82, 2.24) is 4.98 Å². The standard InChI is InChI=1S/C25H29N/c1-17-9-7-8-10-22(17)23-13-20(12-11-18(23)2)24-14-21(15-25(4,5)6)19(3)16-26-24/h7-14,16H,15H2,1-6H3. The lowest BCUT2D eigenvalue weighted by molar-refractivity contribution is 0.410. The number of hydrogen-bond acceptors (Lipinski definition) is 1. The quantitative estimate of drug-likeness (QED) is 0.502. The lowest BCUT2D eigenvalue weighted by Gasteiger charge is -2.20. The van der Waals surface area contributed by atoms with Crippen LogP contribution in [0.4, 0.5) is 0 Å². The number of aromatic nitrogens is 1. The van der Waals surface area contributed by atoms with Gasteiger partial charge in [0.25, 0.3) is 0 Å². The molecule has 0 aliphatic rings. The second-order valence-electron chi connectivity index (χ2n) is 8.58. The van der Waals surface area contributed by atoms with Gasteiger partial charge in [0.1, 0.15) is 0 Å². The molecule has 2 aromatic carbocycles. The molecule has 0 aliphatic heterocycles. The Morgan fingerprint density at radius 3 is 2.15 bits per heavy atom. The van der Waals surface area contributed by atoms with Crippen LogP contribution in [0.1, 0.15) is 43.0 Å². The molecule has 1 heteroatoms. The maximum absolute atomic E-state index is 4.73. The molecule has 0 fully saturated rings. The normalized spacial score (nSPS) is 11.6. The predicted octanol–water partition coefficient (Wildman–Crippen LogP) is 6.93. The molecule has 0 N–H and O–H groups in total. The lowest BCUT2D eigenvalue weighted by atomic mass is 9.86. The first-order chi connectivity index (χ1) is 12.2. The largest absolute Gasteiger partial charge is 0.256 e. The van der Waals surface area contributed by atoms with E-state index < -0.39 is 0 Å². The lowest BCUT2D eigenvalue weighted by Crippen LogP contribution is -2.10. The Morgan fingerprint density at radius 2 is 1.46 bits per heavy atom. The van der Waals surface area contributed by atoms with E-state index in [2.05, 4.69) is 90.1 Å². The summed E-state index contributed by atoms with van der Waals surface area (Å²) in [6, 6.07) is 17.5. The molecule has 0 radical (unpaired) electrons. The summed E-state index contributed by atoms with van der Waals surface area (Å²) in [5.74, 6) is 0. The minimum Gasteiger partial charge on any atom is -0.256 e. The van der Waals surface area contributed by atoms with Crippen LogP contribution in [-0.2, 0) is 6.42 Å². The summed E-state index contributed by atoms with van der Waals surface area (Å²) in [7, 11) is 0. The fraction of sp³-hybridized carbons (Fsp3) is 0.320. The zero-order valence-corrected chi connectivity index (χ0v) is 16.9. The summed E-state index contributed by atoms with van der Waals surface area (Å²) in [6.07, 6.45) is 3.08. The zero-order chi connectivity index (χ0) is 18.9. The highest BCUT2D eigenvalue weighted by Crippen LogP contribution is 2.32. The molecule has 3 rings (SSSR count). The van der Waals surface area contributed by atoms with Crippen molar-refractivity contribution in [3.05, 3.63) is 77.0 Å². The molecule has 0 unspecified atom stereocenters. The summed E-state index contributed by atoms with van der Waals surface area (Å²) in [4.78, 5) is 4.73. The van der Waals surface area contributed by atoms with E-state index in [1.165, 1.54) is 38.9 Å². The van der Waals surface area contributed by atoms with E-state index in [0.717, 1.165) is 12.1 Å². The highest BCUT2D eigenvalue weighted by molar-refractivity contribution is 5.76. The molecule has 0 amide bonds. The summed E-state index contributed by atoms with van der Waals surface area (Å²) >= 11 is 0. The zero-order valence-electron chi connectivity index (χ0n) is 16.9. The Kier molecular flexibility index (Phi) is 5.00. The topological polar surface area (TPSA) is 12.9 Å². The van der Waals surface area contributed by atoms with Crippen molar-refractivity contribution in [2.45, 2.75) is 48.0 Å². The molecule has 134 valence electrons. The van der Waals surface area contributed by atoms with Crippen LogP contribution in [0.3, 0.4) is 0 Å². The maximum atomic E-state index is 4.73. The van der Waals surface area contributed by atoms with Crippen molar-refractivity contribution in [3.8, 4) is 22.4 Å². The van der Waals surface area contributed by atoms with E-state index in [-0.39, 0.29) is 5.41 Å². The van der Waals surface area contributed by atoms with E-state index in [4.69, 9.17) is 4.98 Å². The highest BCUT2D eigenvalue weighted by atomic mass is 14.7. The van der Waals surface area contributed by atoms with Crippen molar-refractivity contribution in [2.75, 3.05) is 0 Å². The molecule has 0 atom stereocenters. The summed E-state index contributed by atoms with van der Waals surface area (Å²) in [5.41, 5.74) is 10.4. The van der Waals surface area contributed by atoms with Crippen LogP contribution >= 0.6 is 0 Å². The third-order valence-electron chi connectivity index (χ3n) is 4.90. The van der Waals surface area contributed by atoms with Gasteiger partial charge in [0.15, 0.2) is 0 Å². The fourth-order valence-corrected chi connectivity index (χ4v) is 3.43. The van der Waals surface area contributed by atoms with Crippen LogP contribution < -0.4 is 0 Å². The van der Waals surface area contributed by atoms with E-state index in [1.54, 1.807) is 0 Å². The Hall–Kier alpha value is -2.41. The maximum Gasteiger partial charge on any atom is 0.0705 e. The monoisotopic (exact) mass is 343 g/mol. The Balaban J connectivity index is 2.07. The van der Waals surface area contributed by atoms with Crippen LogP contribution in [0.2, 0.25) is 0 Å². The Morgan fingerprint density at radius 1 is 0.769 bits per heavy atom. The smallest absolute Gasteiger partial charge is 0.0705 e. The van der Waals surface area contributed by atoms with E-state index >= 15 is 0 Å². The average Bonchev–Trinajstić information content (AvgIpc) is 2.57. The summed E-state index contributed by atoms with van der Waals surface area (Å²) in [6.45, 7) is 13.4. The number of nitrogens with zero attached hydrogens (tertiary/aromatic N) is 1. The second-order valence-corrected chi connectivity index (χ2v) is 8.58. The van der Waals surface area contributed by atoms with E-state index in [1.807, 2.05) is 6.20 Å². The molecule has 0 aliphatic carbocycles. The molecule has 26 heavy (non-hydrogen) atoms. The van der Waals surface area contributed by atoms with Gasteiger partial charge in [0, 0.05) is 11.8 Å².